The number of hydrogen-bond acceptors (Lipinski definition) is 3. The van der Waals surface area contributed by atoms with Crippen molar-refractivity contribution in [3.63, 3.8) is 0 Å². The number of carbonyl (C=O) groups excluding carboxylic acids is 1. The zero-order valence-corrected chi connectivity index (χ0v) is 14.4. The molecule has 5 heteroatoms. The second-order valence-electron chi connectivity index (χ2n) is 6.20. The molecule has 1 unspecified atom stereocenters. The van der Waals surface area contributed by atoms with Crippen LogP contribution in [0.1, 0.15) is 24.1 Å². The number of amides is 1. The summed E-state index contributed by atoms with van der Waals surface area (Å²) in [7, 11) is 0. The quantitative estimate of drug-likeness (QED) is 0.906. The van der Waals surface area contributed by atoms with Gasteiger partial charge in [-0.2, -0.15) is 0 Å². The summed E-state index contributed by atoms with van der Waals surface area (Å²) >= 11 is 6.25. The molecule has 1 fully saturated rings. The van der Waals surface area contributed by atoms with E-state index in [1.165, 1.54) is 0 Å². The molecule has 1 aliphatic heterocycles. The third kappa shape index (κ3) is 4.56. The second kappa shape index (κ2) is 8.27. The summed E-state index contributed by atoms with van der Waals surface area (Å²) in [5.74, 6) is 0.148. The van der Waals surface area contributed by atoms with E-state index in [0.717, 1.165) is 48.8 Å². The van der Waals surface area contributed by atoms with E-state index in [-0.39, 0.29) is 11.8 Å². The smallest absolute Gasteiger partial charge is 0.224 e. The normalized spacial score (nSPS) is 18.3. The minimum Gasteiger partial charge on any atom is -0.350 e. The second-order valence-corrected chi connectivity index (χ2v) is 6.61. The Morgan fingerprint density at radius 2 is 2.08 bits per heavy atom. The van der Waals surface area contributed by atoms with Gasteiger partial charge >= 0.3 is 0 Å². The van der Waals surface area contributed by atoms with E-state index in [9.17, 15) is 4.79 Å². The SMILES string of the molecule is O=C(NCc1ccccn1)C1CCCN(Cc2ccccc2Cl)C1. The molecule has 1 amide bonds. The average molecular weight is 344 g/mol. The first-order valence-corrected chi connectivity index (χ1v) is 8.73. The van der Waals surface area contributed by atoms with E-state index < -0.39 is 0 Å². The van der Waals surface area contributed by atoms with Crippen LogP contribution in [0.3, 0.4) is 0 Å². The third-order valence-electron chi connectivity index (χ3n) is 4.40. The molecule has 3 rings (SSSR count). The summed E-state index contributed by atoms with van der Waals surface area (Å²) < 4.78 is 0. The molecule has 0 saturated carbocycles. The summed E-state index contributed by atoms with van der Waals surface area (Å²) in [6, 6.07) is 13.6. The van der Waals surface area contributed by atoms with Crippen molar-refractivity contribution in [2.24, 2.45) is 5.92 Å². The summed E-state index contributed by atoms with van der Waals surface area (Å²) in [6.45, 7) is 3.07. The number of halogens is 1. The Balaban J connectivity index is 1.53. The number of likely N-dealkylation sites (tertiary alicyclic amines) is 1. The molecule has 0 bridgehead atoms. The van der Waals surface area contributed by atoms with E-state index in [1.54, 1.807) is 6.20 Å². The van der Waals surface area contributed by atoms with Gasteiger partial charge < -0.3 is 5.32 Å². The van der Waals surface area contributed by atoms with E-state index in [1.807, 2.05) is 42.5 Å². The van der Waals surface area contributed by atoms with Gasteiger partial charge in [0.05, 0.1) is 18.2 Å². The molecule has 4 nitrogen and oxygen atoms in total. The number of nitrogens with zero attached hydrogens (tertiary/aromatic N) is 2. The maximum atomic E-state index is 12.4. The Hall–Kier alpha value is -1.91. The molecule has 2 aromatic rings. The minimum absolute atomic E-state index is 0.0324. The molecular weight excluding hydrogens is 322 g/mol. The van der Waals surface area contributed by atoms with Crippen LogP contribution in [0.15, 0.2) is 48.7 Å². The van der Waals surface area contributed by atoms with Crippen molar-refractivity contribution in [1.82, 2.24) is 15.2 Å². The molecule has 24 heavy (non-hydrogen) atoms. The van der Waals surface area contributed by atoms with Crippen LogP contribution in [0, 0.1) is 5.92 Å². The van der Waals surface area contributed by atoms with Crippen molar-refractivity contribution in [3.8, 4) is 0 Å². The van der Waals surface area contributed by atoms with Crippen molar-refractivity contribution in [1.29, 1.82) is 0 Å². The molecule has 0 radical (unpaired) electrons. The lowest BCUT2D eigenvalue weighted by Gasteiger charge is -2.32. The predicted octanol–water partition coefficient (Wildman–Crippen LogP) is 3.26. The predicted molar refractivity (Wildman–Crippen MR) is 95.5 cm³/mol. The molecule has 1 aromatic carbocycles. The Labute approximate surface area is 147 Å². The van der Waals surface area contributed by atoms with Crippen LogP contribution in [0.2, 0.25) is 5.02 Å². The fourth-order valence-corrected chi connectivity index (χ4v) is 3.30. The van der Waals surface area contributed by atoms with E-state index >= 15 is 0 Å². The average Bonchev–Trinajstić information content (AvgIpc) is 2.63. The number of pyridine rings is 1. The molecular formula is C19H22ClN3O. The molecule has 1 aromatic heterocycles. The number of carbonyl (C=O) groups is 1. The van der Waals surface area contributed by atoms with Gasteiger partial charge in [0.25, 0.3) is 0 Å². The van der Waals surface area contributed by atoms with Crippen LogP contribution in [-0.2, 0) is 17.9 Å². The van der Waals surface area contributed by atoms with Gasteiger partial charge in [0.2, 0.25) is 5.91 Å². The summed E-state index contributed by atoms with van der Waals surface area (Å²) in [6.07, 6.45) is 3.71. The number of piperidine rings is 1. The van der Waals surface area contributed by atoms with Crippen LogP contribution >= 0.6 is 11.6 Å². The Bertz CT molecular complexity index is 677. The van der Waals surface area contributed by atoms with Crippen molar-refractivity contribution in [3.05, 3.63) is 64.9 Å². The number of nitrogens with one attached hydrogen (secondary N) is 1. The standard InChI is InChI=1S/C19H22ClN3O/c20-18-9-2-1-6-15(18)13-23-11-5-7-16(14-23)19(24)22-12-17-8-3-4-10-21-17/h1-4,6,8-10,16H,5,7,11-14H2,(H,22,24). The lowest BCUT2D eigenvalue weighted by Crippen LogP contribution is -2.42. The molecule has 0 aliphatic carbocycles. The molecule has 1 N–H and O–H groups in total. The maximum Gasteiger partial charge on any atom is 0.224 e. The van der Waals surface area contributed by atoms with E-state index in [2.05, 4.69) is 15.2 Å². The fourth-order valence-electron chi connectivity index (χ4n) is 3.11. The van der Waals surface area contributed by atoms with Crippen LogP contribution in [0.25, 0.3) is 0 Å². The summed E-state index contributed by atoms with van der Waals surface area (Å²) in [5, 5.41) is 3.80. The van der Waals surface area contributed by atoms with Gasteiger partial charge in [0.1, 0.15) is 0 Å². The van der Waals surface area contributed by atoms with Gasteiger partial charge in [0.15, 0.2) is 0 Å². The van der Waals surface area contributed by atoms with Crippen LogP contribution in [-0.4, -0.2) is 28.9 Å². The molecule has 126 valence electrons. The van der Waals surface area contributed by atoms with Gasteiger partial charge in [-0.25, -0.2) is 0 Å². The van der Waals surface area contributed by atoms with Crippen molar-refractivity contribution in [2.75, 3.05) is 13.1 Å². The van der Waals surface area contributed by atoms with Crippen molar-refractivity contribution < 1.29 is 4.79 Å². The highest BCUT2D eigenvalue weighted by molar-refractivity contribution is 6.31. The molecule has 2 heterocycles. The number of rotatable bonds is 5. The zero-order valence-electron chi connectivity index (χ0n) is 13.6. The number of aromatic nitrogens is 1. The number of benzene rings is 1. The number of hydrogen-bond donors (Lipinski definition) is 1. The Morgan fingerprint density at radius 3 is 2.88 bits per heavy atom. The van der Waals surface area contributed by atoms with Gasteiger partial charge in [-0.15, -0.1) is 0 Å². The first kappa shape index (κ1) is 16.9. The van der Waals surface area contributed by atoms with Gasteiger partial charge in [-0.1, -0.05) is 35.9 Å². The fraction of sp³-hybridized carbons (Fsp3) is 0.368. The molecule has 1 saturated heterocycles. The Morgan fingerprint density at radius 1 is 1.25 bits per heavy atom. The third-order valence-corrected chi connectivity index (χ3v) is 4.77. The van der Waals surface area contributed by atoms with Gasteiger partial charge in [0, 0.05) is 24.3 Å². The monoisotopic (exact) mass is 343 g/mol. The molecule has 1 atom stereocenters. The van der Waals surface area contributed by atoms with Gasteiger partial charge in [-0.05, 0) is 43.1 Å². The highest BCUT2D eigenvalue weighted by Gasteiger charge is 2.25. The minimum atomic E-state index is 0.0324. The van der Waals surface area contributed by atoms with Gasteiger partial charge in [-0.3, -0.25) is 14.7 Å². The first-order chi connectivity index (χ1) is 11.7. The summed E-state index contributed by atoms with van der Waals surface area (Å²) in [5.41, 5.74) is 2.00. The first-order valence-electron chi connectivity index (χ1n) is 8.36. The Kier molecular flexibility index (Phi) is 5.83. The molecule has 1 aliphatic rings. The van der Waals surface area contributed by atoms with Crippen LogP contribution in [0.4, 0.5) is 0 Å². The van der Waals surface area contributed by atoms with Crippen LogP contribution < -0.4 is 5.32 Å². The molecule has 0 spiro atoms. The zero-order chi connectivity index (χ0) is 16.8. The summed E-state index contributed by atoms with van der Waals surface area (Å²) in [4.78, 5) is 19.0. The van der Waals surface area contributed by atoms with E-state index in [4.69, 9.17) is 11.6 Å². The highest BCUT2D eigenvalue weighted by atomic mass is 35.5. The topological polar surface area (TPSA) is 45.2 Å². The lowest BCUT2D eigenvalue weighted by atomic mass is 9.96. The largest absolute Gasteiger partial charge is 0.350 e. The van der Waals surface area contributed by atoms with Crippen LogP contribution in [0.5, 0.6) is 0 Å². The van der Waals surface area contributed by atoms with E-state index in [0.29, 0.717) is 6.54 Å². The van der Waals surface area contributed by atoms with Crippen molar-refractivity contribution in [2.45, 2.75) is 25.9 Å². The van der Waals surface area contributed by atoms with Crippen molar-refractivity contribution >= 4 is 17.5 Å². The highest BCUT2D eigenvalue weighted by Crippen LogP contribution is 2.22. The maximum absolute atomic E-state index is 12.4. The lowest BCUT2D eigenvalue weighted by molar-refractivity contribution is -0.127.